The van der Waals surface area contributed by atoms with E-state index in [1.807, 2.05) is 24.3 Å². The van der Waals surface area contributed by atoms with Crippen molar-refractivity contribution in [3.8, 4) is 0 Å². The molecule has 1 aromatic heterocycles. The Balaban J connectivity index is 1.75. The van der Waals surface area contributed by atoms with Crippen molar-refractivity contribution < 1.29 is 8.42 Å². The van der Waals surface area contributed by atoms with Crippen molar-refractivity contribution in [3.63, 3.8) is 0 Å². The zero-order valence-corrected chi connectivity index (χ0v) is 12.6. The second kappa shape index (κ2) is 5.46. The number of nitrogens with one attached hydrogen (secondary N) is 1. The maximum Gasteiger partial charge on any atom is 0.271 e. The van der Waals surface area contributed by atoms with Crippen LogP contribution in [0.15, 0.2) is 46.0 Å². The summed E-state index contributed by atoms with van der Waals surface area (Å²) in [6, 6.07) is 10.9. The monoisotopic (exact) mass is 308 g/mol. The van der Waals surface area contributed by atoms with Crippen LogP contribution in [0.25, 0.3) is 0 Å². The van der Waals surface area contributed by atoms with Gasteiger partial charge in [0.1, 0.15) is 4.21 Å². The van der Waals surface area contributed by atoms with Crippen molar-refractivity contribution in [2.45, 2.75) is 17.1 Å². The number of benzene rings is 1. The molecule has 1 saturated heterocycles. The number of anilines is 2. The van der Waals surface area contributed by atoms with Gasteiger partial charge in [0.2, 0.25) is 0 Å². The second-order valence-corrected chi connectivity index (χ2v) is 7.64. The van der Waals surface area contributed by atoms with Crippen molar-refractivity contribution in [3.05, 3.63) is 41.8 Å². The molecule has 2 heterocycles. The van der Waals surface area contributed by atoms with E-state index in [-0.39, 0.29) is 0 Å². The smallest absolute Gasteiger partial charge is 0.271 e. The second-order valence-electron chi connectivity index (χ2n) is 4.78. The fourth-order valence-corrected chi connectivity index (χ4v) is 4.39. The molecule has 0 bridgehead atoms. The molecule has 6 heteroatoms. The molecule has 0 amide bonds. The van der Waals surface area contributed by atoms with Gasteiger partial charge in [-0.05, 0) is 48.6 Å². The standard InChI is InChI=1S/C14H16N2O2S2/c17-20(18,14-4-3-11-19-14)15-12-5-7-13(8-6-12)16-9-1-2-10-16/h3-8,11,15H,1-2,9-10H2. The van der Waals surface area contributed by atoms with Crippen LogP contribution in [0, 0.1) is 0 Å². The van der Waals surface area contributed by atoms with Gasteiger partial charge in [-0.15, -0.1) is 11.3 Å². The van der Waals surface area contributed by atoms with E-state index >= 15 is 0 Å². The third-order valence-electron chi connectivity index (χ3n) is 3.35. The predicted octanol–water partition coefficient (Wildman–Crippen LogP) is 3.15. The lowest BCUT2D eigenvalue weighted by Gasteiger charge is -2.17. The molecule has 106 valence electrons. The SMILES string of the molecule is O=S(=O)(Nc1ccc(N2CCCC2)cc1)c1cccs1. The Hall–Kier alpha value is -1.53. The topological polar surface area (TPSA) is 49.4 Å². The van der Waals surface area contributed by atoms with Gasteiger partial charge in [-0.1, -0.05) is 6.07 Å². The minimum atomic E-state index is -3.45. The number of nitrogens with zero attached hydrogens (tertiary/aromatic N) is 1. The molecule has 1 aliphatic rings. The molecule has 1 aliphatic heterocycles. The third-order valence-corrected chi connectivity index (χ3v) is 6.13. The molecular formula is C14H16N2O2S2. The first-order valence-electron chi connectivity index (χ1n) is 6.56. The summed E-state index contributed by atoms with van der Waals surface area (Å²) in [6.45, 7) is 2.17. The summed E-state index contributed by atoms with van der Waals surface area (Å²) in [6.07, 6.45) is 2.46. The molecule has 20 heavy (non-hydrogen) atoms. The molecule has 2 aromatic rings. The van der Waals surface area contributed by atoms with Crippen LogP contribution < -0.4 is 9.62 Å². The van der Waals surface area contributed by atoms with Gasteiger partial charge in [0.15, 0.2) is 0 Å². The van der Waals surface area contributed by atoms with Gasteiger partial charge >= 0.3 is 0 Å². The Morgan fingerprint density at radius 3 is 2.35 bits per heavy atom. The van der Waals surface area contributed by atoms with Crippen molar-refractivity contribution in [1.29, 1.82) is 0 Å². The third kappa shape index (κ3) is 2.81. The number of hydrogen-bond donors (Lipinski definition) is 1. The van der Waals surface area contributed by atoms with E-state index in [0.717, 1.165) is 18.8 Å². The zero-order valence-electron chi connectivity index (χ0n) is 11.0. The number of sulfonamides is 1. The molecule has 1 aromatic carbocycles. The quantitative estimate of drug-likeness (QED) is 0.944. The van der Waals surface area contributed by atoms with Gasteiger partial charge < -0.3 is 4.90 Å². The van der Waals surface area contributed by atoms with Gasteiger partial charge in [-0.25, -0.2) is 8.42 Å². The van der Waals surface area contributed by atoms with Crippen LogP contribution in [0.4, 0.5) is 11.4 Å². The van der Waals surface area contributed by atoms with Crippen LogP contribution >= 0.6 is 11.3 Å². The van der Waals surface area contributed by atoms with Gasteiger partial charge in [0, 0.05) is 24.5 Å². The lowest BCUT2D eigenvalue weighted by molar-refractivity contribution is 0.603. The lowest BCUT2D eigenvalue weighted by Crippen LogP contribution is -2.17. The fourth-order valence-electron chi connectivity index (χ4n) is 2.34. The maximum absolute atomic E-state index is 12.1. The normalized spacial score (nSPS) is 15.5. The van der Waals surface area contributed by atoms with E-state index in [4.69, 9.17) is 0 Å². The molecule has 1 N–H and O–H groups in total. The van der Waals surface area contributed by atoms with Crippen LogP contribution in [0.5, 0.6) is 0 Å². The van der Waals surface area contributed by atoms with Gasteiger partial charge in [-0.3, -0.25) is 4.72 Å². The minimum Gasteiger partial charge on any atom is -0.372 e. The van der Waals surface area contributed by atoms with Gasteiger partial charge in [-0.2, -0.15) is 0 Å². The molecule has 1 fully saturated rings. The largest absolute Gasteiger partial charge is 0.372 e. The van der Waals surface area contributed by atoms with E-state index in [2.05, 4.69) is 9.62 Å². The highest BCUT2D eigenvalue weighted by Crippen LogP contribution is 2.24. The molecule has 4 nitrogen and oxygen atoms in total. The van der Waals surface area contributed by atoms with Gasteiger partial charge in [0.25, 0.3) is 10.0 Å². The minimum absolute atomic E-state index is 0.334. The van der Waals surface area contributed by atoms with E-state index in [1.54, 1.807) is 17.5 Å². The van der Waals surface area contributed by atoms with Crippen LogP contribution in [-0.4, -0.2) is 21.5 Å². The van der Waals surface area contributed by atoms with Crippen LogP contribution in [-0.2, 0) is 10.0 Å². The van der Waals surface area contributed by atoms with Crippen molar-refractivity contribution in [2.24, 2.45) is 0 Å². The first-order chi connectivity index (χ1) is 9.65. The van der Waals surface area contributed by atoms with Crippen molar-refractivity contribution in [1.82, 2.24) is 0 Å². The molecule has 0 aliphatic carbocycles. The van der Waals surface area contributed by atoms with Crippen molar-refractivity contribution >= 4 is 32.7 Å². The number of thiophene rings is 1. The highest BCUT2D eigenvalue weighted by atomic mass is 32.2. The maximum atomic E-state index is 12.1. The summed E-state index contributed by atoms with van der Waals surface area (Å²) in [5.74, 6) is 0. The van der Waals surface area contributed by atoms with E-state index in [0.29, 0.717) is 9.90 Å². The summed E-state index contributed by atoms with van der Waals surface area (Å²) >= 11 is 1.21. The average molecular weight is 308 g/mol. The van der Waals surface area contributed by atoms with Gasteiger partial charge in [0.05, 0.1) is 0 Å². The molecule has 0 spiro atoms. The Labute approximate surface area is 123 Å². The van der Waals surface area contributed by atoms with E-state index in [1.165, 1.54) is 24.2 Å². The molecule has 0 saturated carbocycles. The molecule has 0 unspecified atom stereocenters. The average Bonchev–Trinajstić information content (AvgIpc) is 3.13. The summed E-state index contributed by atoms with van der Waals surface area (Å²) in [7, 11) is -3.45. The highest BCUT2D eigenvalue weighted by Gasteiger charge is 2.16. The molecule has 0 atom stereocenters. The van der Waals surface area contributed by atoms with Crippen molar-refractivity contribution in [2.75, 3.05) is 22.7 Å². The predicted molar refractivity (Wildman–Crippen MR) is 83.0 cm³/mol. The Morgan fingerprint density at radius 2 is 1.75 bits per heavy atom. The summed E-state index contributed by atoms with van der Waals surface area (Å²) in [5.41, 5.74) is 1.75. The van der Waals surface area contributed by atoms with Crippen LogP contribution in [0.2, 0.25) is 0 Å². The van der Waals surface area contributed by atoms with Crippen LogP contribution in [0.3, 0.4) is 0 Å². The Morgan fingerprint density at radius 1 is 1.05 bits per heavy atom. The Bertz CT molecular complexity index is 658. The van der Waals surface area contributed by atoms with E-state index in [9.17, 15) is 8.42 Å². The Kier molecular flexibility index (Phi) is 3.67. The summed E-state index contributed by atoms with van der Waals surface area (Å²) in [4.78, 5) is 2.32. The molecule has 0 radical (unpaired) electrons. The highest BCUT2D eigenvalue weighted by molar-refractivity contribution is 7.94. The molecule has 3 rings (SSSR count). The molecular weight excluding hydrogens is 292 g/mol. The number of hydrogen-bond acceptors (Lipinski definition) is 4. The van der Waals surface area contributed by atoms with Crippen LogP contribution in [0.1, 0.15) is 12.8 Å². The lowest BCUT2D eigenvalue weighted by atomic mass is 10.2. The fraction of sp³-hybridized carbons (Fsp3) is 0.286. The summed E-state index contributed by atoms with van der Waals surface area (Å²) < 4.78 is 27.1. The zero-order chi connectivity index (χ0) is 14.0. The van der Waals surface area contributed by atoms with E-state index < -0.39 is 10.0 Å². The number of rotatable bonds is 4. The summed E-state index contributed by atoms with van der Waals surface area (Å²) in [5, 5.41) is 1.75. The first-order valence-corrected chi connectivity index (χ1v) is 8.93. The first kappa shape index (κ1) is 13.5.